The van der Waals surface area contributed by atoms with Crippen LogP contribution in [0.3, 0.4) is 0 Å². The van der Waals surface area contributed by atoms with E-state index in [1.54, 1.807) is 28.8 Å². The molecule has 0 aromatic carbocycles. The van der Waals surface area contributed by atoms with E-state index in [9.17, 15) is 9.59 Å². The number of carbonyl (C=O) groups is 2. The molecule has 4 rings (SSSR count). The lowest BCUT2D eigenvalue weighted by molar-refractivity contribution is -0.188. The summed E-state index contributed by atoms with van der Waals surface area (Å²) >= 11 is 1.69. The third-order valence-electron chi connectivity index (χ3n) is 5.53. The van der Waals surface area contributed by atoms with E-state index < -0.39 is 11.8 Å². The van der Waals surface area contributed by atoms with Gasteiger partial charge in [-0.05, 0) is 18.6 Å². The molecule has 7 nitrogen and oxygen atoms in total. The molecule has 2 amide bonds. The fourth-order valence-corrected chi connectivity index (χ4v) is 5.60. The van der Waals surface area contributed by atoms with Crippen molar-refractivity contribution in [1.29, 1.82) is 0 Å². The third kappa shape index (κ3) is 3.62. The van der Waals surface area contributed by atoms with E-state index in [-0.39, 0.29) is 17.2 Å². The first-order chi connectivity index (χ1) is 13.1. The van der Waals surface area contributed by atoms with Crippen molar-refractivity contribution in [2.24, 2.45) is 0 Å². The van der Waals surface area contributed by atoms with Gasteiger partial charge in [0.1, 0.15) is 6.04 Å². The Labute approximate surface area is 163 Å². The summed E-state index contributed by atoms with van der Waals surface area (Å²) in [5, 5.41) is 0.0131. The van der Waals surface area contributed by atoms with Crippen LogP contribution in [-0.4, -0.2) is 70.9 Å². The highest BCUT2D eigenvalue weighted by molar-refractivity contribution is 8.00. The minimum absolute atomic E-state index is 0.0131. The SMILES string of the molecule is CCCC1SCC(C(=O)N2CCC3(CC2)OCCO3)N1C(=O)c1ccco1. The second kappa shape index (κ2) is 7.85. The number of nitrogens with zero attached hydrogens (tertiary/aromatic N) is 2. The Morgan fingerprint density at radius 2 is 2.00 bits per heavy atom. The number of hydrogen-bond acceptors (Lipinski definition) is 6. The lowest BCUT2D eigenvalue weighted by atomic mass is 10.0. The Morgan fingerprint density at radius 1 is 1.26 bits per heavy atom. The first kappa shape index (κ1) is 18.8. The Hall–Kier alpha value is -1.51. The predicted octanol–water partition coefficient (Wildman–Crippen LogP) is 2.33. The highest BCUT2D eigenvalue weighted by Gasteiger charge is 2.46. The molecule has 3 fully saturated rings. The molecule has 0 aliphatic carbocycles. The highest BCUT2D eigenvalue weighted by atomic mass is 32.2. The molecule has 1 aromatic heterocycles. The number of thioether (sulfide) groups is 1. The van der Waals surface area contributed by atoms with Gasteiger partial charge in [-0.2, -0.15) is 0 Å². The Bertz CT molecular complexity index is 664. The molecule has 148 valence electrons. The number of furan rings is 1. The van der Waals surface area contributed by atoms with Crippen LogP contribution in [0.25, 0.3) is 0 Å². The molecule has 0 radical (unpaired) electrons. The van der Waals surface area contributed by atoms with Crippen LogP contribution >= 0.6 is 11.8 Å². The summed E-state index contributed by atoms with van der Waals surface area (Å²) in [5.41, 5.74) is 0. The molecule has 3 aliphatic heterocycles. The summed E-state index contributed by atoms with van der Waals surface area (Å²) in [6, 6.07) is 2.92. The van der Waals surface area contributed by atoms with Gasteiger partial charge in [-0.25, -0.2) is 0 Å². The van der Waals surface area contributed by atoms with E-state index in [2.05, 4.69) is 6.92 Å². The number of amides is 2. The first-order valence-electron chi connectivity index (χ1n) is 9.68. The van der Waals surface area contributed by atoms with E-state index in [0.29, 0.717) is 50.7 Å². The van der Waals surface area contributed by atoms with E-state index in [1.807, 2.05) is 4.90 Å². The van der Waals surface area contributed by atoms with Gasteiger partial charge >= 0.3 is 0 Å². The maximum Gasteiger partial charge on any atom is 0.291 e. The lowest BCUT2D eigenvalue weighted by Gasteiger charge is -2.39. The van der Waals surface area contributed by atoms with E-state index >= 15 is 0 Å². The van der Waals surface area contributed by atoms with Crippen molar-refractivity contribution in [1.82, 2.24) is 9.80 Å². The maximum atomic E-state index is 13.2. The molecule has 2 unspecified atom stereocenters. The Balaban J connectivity index is 1.47. The van der Waals surface area contributed by atoms with Gasteiger partial charge in [-0.3, -0.25) is 9.59 Å². The van der Waals surface area contributed by atoms with Crippen molar-refractivity contribution in [3.63, 3.8) is 0 Å². The molecule has 1 aromatic rings. The van der Waals surface area contributed by atoms with Crippen molar-refractivity contribution in [3.05, 3.63) is 24.2 Å². The van der Waals surface area contributed by atoms with E-state index in [4.69, 9.17) is 13.9 Å². The molecule has 4 heterocycles. The van der Waals surface area contributed by atoms with Gasteiger partial charge in [-0.1, -0.05) is 13.3 Å². The van der Waals surface area contributed by atoms with Crippen LogP contribution in [0.15, 0.2) is 22.8 Å². The van der Waals surface area contributed by atoms with Gasteiger partial charge < -0.3 is 23.7 Å². The van der Waals surface area contributed by atoms with Gasteiger partial charge in [0.15, 0.2) is 11.5 Å². The van der Waals surface area contributed by atoms with Crippen LogP contribution < -0.4 is 0 Å². The van der Waals surface area contributed by atoms with Crippen LogP contribution in [0.2, 0.25) is 0 Å². The van der Waals surface area contributed by atoms with Crippen molar-refractivity contribution in [2.45, 2.75) is 49.8 Å². The van der Waals surface area contributed by atoms with Crippen LogP contribution in [0.5, 0.6) is 0 Å². The molecule has 0 N–H and O–H groups in total. The molecular formula is C19H26N2O5S. The van der Waals surface area contributed by atoms with Crippen molar-refractivity contribution in [3.8, 4) is 0 Å². The zero-order chi connectivity index (χ0) is 18.9. The fourth-order valence-electron chi connectivity index (χ4n) is 4.09. The summed E-state index contributed by atoms with van der Waals surface area (Å²) in [7, 11) is 0. The predicted molar refractivity (Wildman–Crippen MR) is 100 cm³/mol. The first-order valence-corrected chi connectivity index (χ1v) is 10.7. The van der Waals surface area contributed by atoms with Gasteiger partial charge in [0, 0.05) is 31.7 Å². The summed E-state index contributed by atoms with van der Waals surface area (Å²) in [5.74, 6) is 0.244. The Kier molecular flexibility index (Phi) is 5.48. The smallest absolute Gasteiger partial charge is 0.291 e. The summed E-state index contributed by atoms with van der Waals surface area (Å²) in [6.07, 6.45) is 4.69. The average molecular weight is 394 g/mol. The maximum absolute atomic E-state index is 13.2. The monoisotopic (exact) mass is 394 g/mol. The van der Waals surface area contributed by atoms with Crippen molar-refractivity contribution < 1.29 is 23.5 Å². The average Bonchev–Trinajstić information content (AvgIpc) is 3.43. The van der Waals surface area contributed by atoms with Crippen molar-refractivity contribution in [2.75, 3.05) is 32.1 Å². The van der Waals surface area contributed by atoms with Gasteiger partial charge in [0.05, 0.1) is 24.9 Å². The number of piperidine rings is 1. The van der Waals surface area contributed by atoms with E-state index in [0.717, 1.165) is 12.8 Å². The number of carbonyl (C=O) groups excluding carboxylic acids is 2. The molecule has 27 heavy (non-hydrogen) atoms. The lowest BCUT2D eigenvalue weighted by Crippen LogP contribution is -2.55. The normalized spacial score (nSPS) is 27.4. The van der Waals surface area contributed by atoms with Crippen LogP contribution in [0.4, 0.5) is 0 Å². The zero-order valence-corrected chi connectivity index (χ0v) is 16.4. The minimum Gasteiger partial charge on any atom is -0.459 e. The largest absolute Gasteiger partial charge is 0.459 e. The quantitative estimate of drug-likeness (QED) is 0.781. The summed E-state index contributed by atoms with van der Waals surface area (Å²) in [6.45, 7) is 4.54. The molecule has 0 saturated carbocycles. The van der Waals surface area contributed by atoms with Gasteiger partial charge in [-0.15, -0.1) is 11.8 Å². The number of likely N-dealkylation sites (tertiary alicyclic amines) is 1. The van der Waals surface area contributed by atoms with E-state index in [1.165, 1.54) is 6.26 Å². The summed E-state index contributed by atoms with van der Waals surface area (Å²) < 4.78 is 16.8. The molecule has 1 spiro atoms. The fraction of sp³-hybridized carbons (Fsp3) is 0.684. The van der Waals surface area contributed by atoms with Crippen molar-refractivity contribution >= 4 is 23.6 Å². The minimum atomic E-state index is -0.504. The number of rotatable bonds is 4. The second-order valence-corrected chi connectivity index (χ2v) is 8.43. The highest BCUT2D eigenvalue weighted by Crippen LogP contribution is 2.36. The molecule has 8 heteroatoms. The van der Waals surface area contributed by atoms with Crippen LogP contribution in [-0.2, 0) is 14.3 Å². The molecule has 3 saturated heterocycles. The molecule has 2 atom stereocenters. The number of hydrogen-bond donors (Lipinski definition) is 0. The Morgan fingerprint density at radius 3 is 2.63 bits per heavy atom. The summed E-state index contributed by atoms with van der Waals surface area (Å²) in [4.78, 5) is 29.8. The second-order valence-electron chi connectivity index (χ2n) is 7.22. The van der Waals surface area contributed by atoms with Crippen LogP contribution in [0, 0.1) is 0 Å². The number of ether oxygens (including phenoxy) is 2. The standard InChI is InChI=1S/C19H26N2O5S/c1-2-4-16-21(18(23)15-5-3-10-24-15)14(13-27-16)17(22)20-8-6-19(7-9-20)25-11-12-26-19/h3,5,10,14,16H,2,4,6-9,11-13H2,1H3. The van der Waals surface area contributed by atoms with Crippen LogP contribution in [0.1, 0.15) is 43.2 Å². The molecular weight excluding hydrogens is 368 g/mol. The molecule has 3 aliphatic rings. The van der Waals surface area contributed by atoms with Gasteiger partial charge in [0.2, 0.25) is 5.91 Å². The van der Waals surface area contributed by atoms with Gasteiger partial charge in [0.25, 0.3) is 5.91 Å². The topological polar surface area (TPSA) is 72.2 Å². The third-order valence-corrected chi connectivity index (χ3v) is 6.89. The molecule has 0 bridgehead atoms. The zero-order valence-electron chi connectivity index (χ0n) is 15.6.